The Hall–Kier alpha value is -4.68. The highest BCUT2D eigenvalue weighted by Gasteiger charge is 2.43. The van der Waals surface area contributed by atoms with E-state index >= 15 is 0 Å². The van der Waals surface area contributed by atoms with E-state index in [0.29, 0.717) is 16.9 Å². The number of amides is 1. The van der Waals surface area contributed by atoms with Gasteiger partial charge in [0.15, 0.2) is 0 Å². The molecule has 3 N–H and O–H groups in total. The van der Waals surface area contributed by atoms with E-state index < -0.39 is 40.3 Å². The van der Waals surface area contributed by atoms with E-state index in [9.17, 15) is 34.4 Å². The molecule has 0 saturated heterocycles. The number of carboxylic acids is 2. The van der Waals surface area contributed by atoms with Crippen molar-refractivity contribution in [2.45, 2.75) is 40.9 Å². The van der Waals surface area contributed by atoms with Crippen molar-refractivity contribution in [3.8, 4) is 5.75 Å². The van der Waals surface area contributed by atoms with Crippen LogP contribution in [0.5, 0.6) is 5.75 Å². The summed E-state index contributed by atoms with van der Waals surface area (Å²) in [5.74, 6) is -3.64. The lowest BCUT2D eigenvalue weighted by Gasteiger charge is -2.29. The Morgan fingerprint density at radius 2 is 1.38 bits per heavy atom. The Morgan fingerprint density at radius 1 is 0.900 bits per heavy atom. The van der Waals surface area contributed by atoms with Gasteiger partial charge in [-0.25, -0.2) is 4.79 Å². The van der Waals surface area contributed by atoms with Crippen molar-refractivity contribution < 1.29 is 48.5 Å². The molecule has 0 bridgehead atoms. The summed E-state index contributed by atoms with van der Waals surface area (Å²) in [7, 11) is 1.53. The normalized spacial score (nSPS) is 11.3. The van der Waals surface area contributed by atoms with E-state index in [1.807, 2.05) is 0 Å². The molecule has 13 heteroatoms. The van der Waals surface area contributed by atoms with E-state index in [2.05, 4.69) is 5.32 Å². The number of hydrogen-bond acceptors (Lipinski definition) is 9. The number of nitrogens with one attached hydrogen (secondary N) is 1. The monoisotopic (exact) mass is 562 g/mol. The lowest BCUT2D eigenvalue weighted by Crippen LogP contribution is -2.45. The van der Waals surface area contributed by atoms with Gasteiger partial charge in [-0.1, -0.05) is 26.0 Å². The number of carbonyl (C=O) groups excluding carboxylic acids is 2. The third-order valence-electron chi connectivity index (χ3n) is 5.69. The number of ether oxygens (including phenoxy) is 3. The summed E-state index contributed by atoms with van der Waals surface area (Å²) in [5.41, 5.74) is -0.342. The van der Waals surface area contributed by atoms with Gasteiger partial charge in [-0.3, -0.25) is 24.5 Å². The molecular weight excluding hydrogens is 528 g/mol. The largest absolute Gasteiger partial charge is 0.497 e. The average Bonchev–Trinajstić information content (AvgIpc) is 2.91. The second kappa shape index (κ2) is 15.7. The Kier molecular flexibility index (Phi) is 13.1. The Labute approximate surface area is 231 Å². The lowest BCUT2D eigenvalue weighted by molar-refractivity contribution is -0.384. The number of esters is 1. The van der Waals surface area contributed by atoms with Gasteiger partial charge >= 0.3 is 24.0 Å². The summed E-state index contributed by atoms with van der Waals surface area (Å²) in [5, 5.41) is 30.6. The zero-order chi connectivity index (χ0) is 30.5. The number of carboxylic acid groups (broad SMARTS) is 2. The molecule has 0 aromatic heterocycles. The van der Waals surface area contributed by atoms with Crippen molar-refractivity contribution in [1.82, 2.24) is 5.32 Å². The van der Waals surface area contributed by atoms with Gasteiger partial charge in [-0.15, -0.1) is 0 Å². The summed E-state index contributed by atoms with van der Waals surface area (Å²) < 4.78 is 15.4. The van der Waals surface area contributed by atoms with Crippen molar-refractivity contribution in [2.24, 2.45) is 17.3 Å². The predicted molar refractivity (Wildman–Crippen MR) is 141 cm³/mol. The molecule has 0 saturated carbocycles. The third-order valence-corrected chi connectivity index (χ3v) is 5.69. The van der Waals surface area contributed by atoms with Crippen LogP contribution in [-0.2, 0) is 37.1 Å². The van der Waals surface area contributed by atoms with Crippen LogP contribution in [0, 0.1) is 27.4 Å². The molecule has 0 fully saturated rings. The maximum atomic E-state index is 12.6. The maximum absolute atomic E-state index is 12.6. The first-order chi connectivity index (χ1) is 18.7. The molecule has 40 heavy (non-hydrogen) atoms. The molecule has 0 aliphatic carbocycles. The molecule has 0 aliphatic rings. The molecule has 2 rings (SSSR count). The van der Waals surface area contributed by atoms with Gasteiger partial charge in [0.2, 0.25) is 0 Å². The van der Waals surface area contributed by atoms with Gasteiger partial charge in [0, 0.05) is 18.7 Å². The van der Waals surface area contributed by atoms with Crippen LogP contribution in [-0.4, -0.2) is 52.8 Å². The number of alkyl carbamates (subject to hydrolysis) is 1. The summed E-state index contributed by atoms with van der Waals surface area (Å²) >= 11 is 0. The van der Waals surface area contributed by atoms with Crippen molar-refractivity contribution in [1.29, 1.82) is 0 Å². The number of nitro benzene ring substituents is 1. The quantitative estimate of drug-likeness (QED) is 0.192. The molecule has 2 aromatic rings. The van der Waals surface area contributed by atoms with Crippen LogP contribution in [0.2, 0.25) is 0 Å². The van der Waals surface area contributed by atoms with E-state index in [1.165, 1.54) is 45.2 Å². The summed E-state index contributed by atoms with van der Waals surface area (Å²) in [6, 6.07) is 12.3. The molecule has 1 atom stereocenters. The van der Waals surface area contributed by atoms with Crippen LogP contribution >= 0.6 is 0 Å². The molecule has 0 spiro atoms. The van der Waals surface area contributed by atoms with Gasteiger partial charge < -0.3 is 29.7 Å². The van der Waals surface area contributed by atoms with Crippen LogP contribution in [0.4, 0.5) is 10.5 Å². The number of rotatable bonds is 12. The van der Waals surface area contributed by atoms with E-state index in [0.717, 1.165) is 0 Å². The molecule has 13 nitrogen and oxygen atoms in total. The highest BCUT2D eigenvalue weighted by Crippen LogP contribution is 2.29. The molecule has 218 valence electrons. The van der Waals surface area contributed by atoms with Crippen molar-refractivity contribution in [2.75, 3.05) is 13.7 Å². The Balaban J connectivity index is 0.00000120. The first-order valence-corrected chi connectivity index (χ1v) is 12.1. The summed E-state index contributed by atoms with van der Waals surface area (Å²) in [6.07, 6.45) is -0.896. The fourth-order valence-electron chi connectivity index (χ4n) is 2.95. The van der Waals surface area contributed by atoms with Gasteiger partial charge in [0.1, 0.15) is 19.0 Å². The fraction of sp³-hybridized carbons (Fsp3) is 0.407. The first kappa shape index (κ1) is 33.3. The lowest BCUT2D eigenvalue weighted by atomic mass is 9.78. The zero-order valence-corrected chi connectivity index (χ0v) is 22.9. The number of carbonyl (C=O) groups is 4. The molecule has 0 heterocycles. The first-order valence-electron chi connectivity index (χ1n) is 12.1. The van der Waals surface area contributed by atoms with Gasteiger partial charge in [-0.2, -0.15) is 0 Å². The van der Waals surface area contributed by atoms with Crippen LogP contribution < -0.4 is 10.1 Å². The van der Waals surface area contributed by atoms with E-state index in [1.54, 1.807) is 38.1 Å². The predicted octanol–water partition coefficient (Wildman–Crippen LogP) is 4.03. The van der Waals surface area contributed by atoms with Crippen LogP contribution in [0.3, 0.4) is 0 Å². The maximum Gasteiger partial charge on any atom is 0.407 e. The number of methoxy groups -OCH3 is 1. The SMILES string of the molecule is CC(C)C(=O)O.COc1ccc(COC(=O)C(C)(C)C(CNC(=O)OCc2ccc([N+](=O)[O-])cc2)C(=O)O)cc1. The Bertz CT molecular complexity index is 1160. The summed E-state index contributed by atoms with van der Waals surface area (Å²) in [6.45, 7) is 5.53. The van der Waals surface area contributed by atoms with Crippen molar-refractivity contribution in [3.63, 3.8) is 0 Å². The van der Waals surface area contributed by atoms with Crippen LogP contribution in [0.25, 0.3) is 0 Å². The van der Waals surface area contributed by atoms with Crippen LogP contribution in [0.1, 0.15) is 38.8 Å². The highest BCUT2D eigenvalue weighted by atomic mass is 16.6. The van der Waals surface area contributed by atoms with Gasteiger partial charge in [0.25, 0.3) is 5.69 Å². The number of hydrogen-bond donors (Lipinski definition) is 3. The minimum absolute atomic E-state index is 0.0523. The second-order valence-electron chi connectivity index (χ2n) is 9.41. The topological polar surface area (TPSA) is 192 Å². The fourth-order valence-corrected chi connectivity index (χ4v) is 2.95. The average molecular weight is 563 g/mol. The number of nitrogens with zero attached hydrogens (tertiary/aromatic N) is 1. The number of benzene rings is 2. The Morgan fingerprint density at radius 3 is 1.80 bits per heavy atom. The van der Waals surface area contributed by atoms with Gasteiger partial charge in [-0.05, 0) is 49.2 Å². The number of non-ortho nitro benzene ring substituents is 1. The van der Waals surface area contributed by atoms with E-state index in [-0.39, 0.29) is 31.4 Å². The summed E-state index contributed by atoms with van der Waals surface area (Å²) in [4.78, 5) is 56.3. The molecule has 0 radical (unpaired) electrons. The van der Waals surface area contributed by atoms with Crippen molar-refractivity contribution >= 4 is 29.7 Å². The molecule has 2 aromatic carbocycles. The smallest absolute Gasteiger partial charge is 0.407 e. The van der Waals surface area contributed by atoms with Crippen molar-refractivity contribution in [3.05, 3.63) is 69.8 Å². The van der Waals surface area contributed by atoms with Crippen LogP contribution in [0.15, 0.2) is 48.5 Å². The molecule has 1 unspecified atom stereocenters. The second-order valence-corrected chi connectivity index (χ2v) is 9.41. The standard InChI is InChI=1S/C23H26N2O9.C4H8O2/c1-23(2,21(28)33-13-16-6-10-18(32-3)11-7-16)19(20(26)27)12-24-22(29)34-14-15-4-8-17(9-5-15)25(30)31;1-3(2)4(5)6/h4-11,19H,12-14H2,1-3H3,(H,24,29)(H,26,27);3H,1-2H3,(H,5,6). The zero-order valence-electron chi connectivity index (χ0n) is 22.9. The minimum Gasteiger partial charge on any atom is -0.497 e. The van der Waals surface area contributed by atoms with E-state index in [4.69, 9.17) is 19.3 Å². The highest BCUT2D eigenvalue weighted by molar-refractivity contribution is 5.84. The molecular formula is C27H34N2O11. The minimum atomic E-state index is -1.45. The van der Waals surface area contributed by atoms with Gasteiger partial charge in [0.05, 0.1) is 29.3 Å². The number of nitro groups is 1. The number of aliphatic carboxylic acids is 2. The molecule has 0 aliphatic heterocycles. The third kappa shape index (κ3) is 11.0. The molecule has 1 amide bonds.